The van der Waals surface area contributed by atoms with Crippen LogP contribution >= 0.6 is 11.3 Å². The van der Waals surface area contributed by atoms with E-state index in [1.807, 2.05) is 11.9 Å². The molecule has 0 aliphatic heterocycles. The van der Waals surface area contributed by atoms with Gasteiger partial charge in [0.1, 0.15) is 0 Å². The molecule has 0 saturated carbocycles. The Morgan fingerprint density at radius 3 is 2.75 bits per heavy atom. The number of amides is 1. The lowest BCUT2D eigenvalue weighted by atomic mass is 9.72. The molecule has 1 atom stereocenters. The third-order valence-electron chi connectivity index (χ3n) is 4.42. The SMILES string of the molecule is CCCN(C)C(=O)c1cc2c(s1)CCC(C(C)(C)C)C2. The molecule has 0 radical (unpaired) electrons. The molecule has 0 saturated heterocycles. The zero-order chi connectivity index (χ0) is 14.9. The highest BCUT2D eigenvalue weighted by Gasteiger charge is 2.30. The fourth-order valence-electron chi connectivity index (χ4n) is 2.99. The van der Waals surface area contributed by atoms with Crippen LogP contribution < -0.4 is 0 Å². The van der Waals surface area contributed by atoms with E-state index in [0.29, 0.717) is 5.41 Å². The number of hydrogen-bond acceptors (Lipinski definition) is 2. The summed E-state index contributed by atoms with van der Waals surface area (Å²) in [7, 11) is 1.91. The molecule has 112 valence electrons. The van der Waals surface area contributed by atoms with Crippen molar-refractivity contribution < 1.29 is 4.79 Å². The van der Waals surface area contributed by atoms with Gasteiger partial charge in [0, 0.05) is 18.5 Å². The Labute approximate surface area is 127 Å². The molecule has 1 aromatic rings. The van der Waals surface area contributed by atoms with Gasteiger partial charge < -0.3 is 4.90 Å². The molecule has 0 bridgehead atoms. The van der Waals surface area contributed by atoms with E-state index in [4.69, 9.17) is 0 Å². The van der Waals surface area contributed by atoms with Crippen molar-refractivity contribution in [1.29, 1.82) is 0 Å². The highest BCUT2D eigenvalue weighted by atomic mass is 32.1. The largest absolute Gasteiger partial charge is 0.341 e. The van der Waals surface area contributed by atoms with E-state index < -0.39 is 0 Å². The van der Waals surface area contributed by atoms with E-state index in [2.05, 4.69) is 33.8 Å². The van der Waals surface area contributed by atoms with Crippen molar-refractivity contribution >= 4 is 17.2 Å². The van der Waals surface area contributed by atoms with E-state index in [-0.39, 0.29) is 5.91 Å². The van der Waals surface area contributed by atoms with E-state index >= 15 is 0 Å². The Kier molecular flexibility index (Phi) is 4.58. The molecule has 20 heavy (non-hydrogen) atoms. The zero-order valence-corrected chi connectivity index (χ0v) is 14.3. The van der Waals surface area contributed by atoms with E-state index in [9.17, 15) is 4.79 Å². The van der Waals surface area contributed by atoms with Gasteiger partial charge in [0.15, 0.2) is 0 Å². The van der Waals surface area contributed by atoms with Gasteiger partial charge in [0.25, 0.3) is 5.91 Å². The molecule has 1 aliphatic rings. The number of fused-ring (bicyclic) bond motifs is 1. The van der Waals surface area contributed by atoms with Gasteiger partial charge in [-0.3, -0.25) is 4.79 Å². The normalized spacial score (nSPS) is 18.8. The summed E-state index contributed by atoms with van der Waals surface area (Å²) >= 11 is 1.72. The van der Waals surface area contributed by atoms with Gasteiger partial charge in [0.05, 0.1) is 4.88 Å². The van der Waals surface area contributed by atoms with Crippen molar-refractivity contribution in [3.63, 3.8) is 0 Å². The van der Waals surface area contributed by atoms with Gasteiger partial charge in [-0.05, 0) is 48.6 Å². The number of aryl methyl sites for hydroxylation is 1. The van der Waals surface area contributed by atoms with Gasteiger partial charge in [0.2, 0.25) is 0 Å². The molecule has 0 aromatic carbocycles. The van der Waals surface area contributed by atoms with Crippen LogP contribution in [0.25, 0.3) is 0 Å². The van der Waals surface area contributed by atoms with Crippen LogP contribution in [0.4, 0.5) is 0 Å². The van der Waals surface area contributed by atoms with Crippen LogP contribution in [0, 0.1) is 11.3 Å². The maximum Gasteiger partial charge on any atom is 0.263 e. The summed E-state index contributed by atoms with van der Waals surface area (Å²) in [6, 6.07) is 2.16. The highest BCUT2D eigenvalue weighted by Crippen LogP contribution is 2.40. The minimum atomic E-state index is 0.193. The summed E-state index contributed by atoms with van der Waals surface area (Å²) in [5.74, 6) is 0.930. The predicted molar refractivity (Wildman–Crippen MR) is 86.5 cm³/mol. The average Bonchev–Trinajstić information content (AvgIpc) is 2.79. The fourth-order valence-corrected chi connectivity index (χ4v) is 4.20. The summed E-state index contributed by atoms with van der Waals surface area (Å²) in [6.45, 7) is 9.94. The standard InChI is InChI=1S/C17H27NOS/c1-6-9-18(5)16(19)15-11-12-10-13(17(2,3)4)7-8-14(12)20-15/h11,13H,6-10H2,1-5H3. The predicted octanol–water partition coefficient (Wildman–Crippen LogP) is 4.38. The lowest BCUT2D eigenvalue weighted by Crippen LogP contribution is -2.26. The molecule has 0 spiro atoms. The smallest absolute Gasteiger partial charge is 0.263 e. The molecule has 1 amide bonds. The monoisotopic (exact) mass is 293 g/mol. The van der Waals surface area contributed by atoms with Crippen LogP contribution in [0.1, 0.15) is 60.6 Å². The molecule has 1 aliphatic carbocycles. The number of nitrogens with zero attached hydrogens (tertiary/aromatic N) is 1. The lowest BCUT2D eigenvalue weighted by molar-refractivity contribution is 0.0800. The highest BCUT2D eigenvalue weighted by molar-refractivity contribution is 7.14. The van der Waals surface area contributed by atoms with Gasteiger partial charge in [-0.1, -0.05) is 27.7 Å². The Balaban J connectivity index is 2.15. The molecule has 1 heterocycles. The number of carbonyl (C=O) groups excluding carboxylic acids is 1. The molecule has 0 fully saturated rings. The molecule has 1 aromatic heterocycles. The first-order valence-electron chi connectivity index (χ1n) is 7.70. The summed E-state index contributed by atoms with van der Waals surface area (Å²) in [5.41, 5.74) is 1.79. The van der Waals surface area contributed by atoms with Crippen molar-refractivity contribution in [2.75, 3.05) is 13.6 Å². The quantitative estimate of drug-likeness (QED) is 0.810. The van der Waals surface area contributed by atoms with E-state index in [0.717, 1.165) is 36.6 Å². The van der Waals surface area contributed by atoms with Crippen LogP contribution in [0.2, 0.25) is 0 Å². The molecule has 0 N–H and O–H groups in total. The van der Waals surface area contributed by atoms with Gasteiger partial charge in [-0.25, -0.2) is 0 Å². The summed E-state index contributed by atoms with van der Waals surface area (Å²) in [5, 5.41) is 0. The van der Waals surface area contributed by atoms with Crippen LogP contribution in [0.3, 0.4) is 0 Å². The van der Waals surface area contributed by atoms with Crippen LogP contribution in [-0.4, -0.2) is 24.4 Å². The molecular formula is C17H27NOS. The van der Waals surface area contributed by atoms with Crippen molar-refractivity contribution in [1.82, 2.24) is 4.90 Å². The first-order valence-corrected chi connectivity index (χ1v) is 8.51. The Morgan fingerprint density at radius 2 is 2.15 bits per heavy atom. The van der Waals surface area contributed by atoms with Gasteiger partial charge in [-0.2, -0.15) is 0 Å². The fraction of sp³-hybridized carbons (Fsp3) is 0.706. The second-order valence-electron chi connectivity index (χ2n) is 7.09. The Hall–Kier alpha value is -0.830. The first-order chi connectivity index (χ1) is 9.32. The van der Waals surface area contributed by atoms with E-state index in [1.165, 1.54) is 16.9 Å². The number of thiophene rings is 1. The van der Waals surface area contributed by atoms with E-state index in [1.54, 1.807) is 11.3 Å². The molecule has 3 heteroatoms. The number of rotatable bonds is 3. The molecule has 2 rings (SSSR count). The summed E-state index contributed by atoms with van der Waals surface area (Å²) in [4.78, 5) is 16.6. The van der Waals surface area contributed by atoms with Crippen LogP contribution in [-0.2, 0) is 12.8 Å². The zero-order valence-electron chi connectivity index (χ0n) is 13.5. The average molecular weight is 293 g/mol. The van der Waals surface area contributed by atoms with Crippen molar-refractivity contribution in [2.45, 2.75) is 53.4 Å². The summed E-state index contributed by atoms with van der Waals surface area (Å²) < 4.78 is 0. The maximum atomic E-state index is 12.4. The minimum Gasteiger partial charge on any atom is -0.341 e. The first kappa shape index (κ1) is 15.6. The van der Waals surface area contributed by atoms with Crippen molar-refractivity contribution in [3.05, 3.63) is 21.4 Å². The number of hydrogen-bond donors (Lipinski definition) is 0. The van der Waals surface area contributed by atoms with Crippen LogP contribution in [0.5, 0.6) is 0 Å². The van der Waals surface area contributed by atoms with Crippen molar-refractivity contribution in [3.8, 4) is 0 Å². The minimum absolute atomic E-state index is 0.193. The van der Waals surface area contributed by atoms with Gasteiger partial charge in [-0.15, -0.1) is 11.3 Å². The number of carbonyl (C=O) groups is 1. The van der Waals surface area contributed by atoms with Crippen molar-refractivity contribution in [2.24, 2.45) is 11.3 Å². The maximum absolute atomic E-state index is 12.4. The van der Waals surface area contributed by atoms with Gasteiger partial charge >= 0.3 is 0 Å². The Morgan fingerprint density at radius 1 is 1.45 bits per heavy atom. The molecule has 2 nitrogen and oxygen atoms in total. The Bertz CT molecular complexity index is 484. The third kappa shape index (κ3) is 3.25. The topological polar surface area (TPSA) is 20.3 Å². The second-order valence-corrected chi connectivity index (χ2v) is 8.23. The summed E-state index contributed by atoms with van der Waals surface area (Å²) in [6.07, 6.45) is 4.56. The lowest BCUT2D eigenvalue weighted by Gasteiger charge is -2.33. The third-order valence-corrected chi connectivity index (χ3v) is 5.65. The molecule has 1 unspecified atom stereocenters. The van der Waals surface area contributed by atoms with Crippen LogP contribution in [0.15, 0.2) is 6.07 Å². The second kappa shape index (κ2) is 5.88. The molecular weight excluding hydrogens is 266 g/mol.